The molecule has 22 heavy (non-hydrogen) atoms. The molecular weight excluding hydrogens is 280 g/mol. The summed E-state index contributed by atoms with van der Waals surface area (Å²) in [4.78, 5) is 14.6. The topological polar surface area (TPSA) is 50.8 Å². The van der Waals surface area contributed by atoms with Crippen molar-refractivity contribution >= 4 is 5.91 Å². The van der Waals surface area contributed by atoms with Gasteiger partial charge in [-0.3, -0.25) is 4.79 Å². The Balaban J connectivity index is 2.00. The van der Waals surface area contributed by atoms with E-state index in [0.29, 0.717) is 23.0 Å². The Labute approximate surface area is 132 Å². The van der Waals surface area contributed by atoms with Gasteiger partial charge in [-0.25, -0.2) is 0 Å². The smallest absolute Gasteiger partial charge is 0.257 e. The lowest BCUT2D eigenvalue weighted by Gasteiger charge is -2.32. The summed E-state index contributed by atoms with van der Waals surface area (Å²) in [6.07, 6.45) is 3.34. The van der Waals surface area contributed by atoms with E-state index in [1.165, 1.54) is 6.42 Å². The molecule has 0 unspecified atom stereocenters. The van der Waals surface area contributed by atoms with E-state index in [9.17, 15) is 4.79 Å². The van der Waals surface area contributed by atoms with Crippen LogP contribution in [0.2, 0.25) is 0 Å². The molecule has 1 saturated heterocycles. The lowest BCUT2D eigenvalue weighted by atomic mass is 9.93. The Morgan fingerprint density at radius 3 is 2.59 bits per heavy atom. The van der Waals surface area contributed by atoms with Gasteiger partial charge in [0.1, 0.15) is 11.5 Å². The van der Waals surface area contributed by atoms with E-state index in [4.69, 9.17) is 9.47 Å². The monoisotopic (exact) mass is 306 g/mol. The van der Waals surface area contributed by atoms with E-state index in [-0.39, 0.29) is 5.91 Å². The van der Waals surface area contributed by atoms with Crippen LogP contribution >= 0.6 is 0 Å². The predicted molar refractivity (Wildman–Crippen MR) is 86.7 cm³/mol. The van der Waals surface area contributed by atoms with Gasteiger partial charge in [-0.2, -0.15) is 0 Å². The zero-order valence-electron chi connectivity index (χ0n) is 13.7. The number of nitrogens with one attached hydrogen (secondary N) is 1. The molecule has 122 valence electrons. The van der Waals surface area contributed by atoms with Crippen molar-refractivity contribution in [3.8, 4) is 11.5 Å². The van der Waals surface area contributed by atoms with Gasteiger partial charge >= 0.3 is 0 Å². The SMILES string of the molecule is CNCCC1CCN(C(=O)c2ccc(OC)cc2OC)CC1. The van der Waals surface area contributed by atoms with Crippen LogP contribution in [0, 0.1) is 5.92 Å². The predicted octanol–water partition coefficient (Wildman–Crippen LogP) is 2.17. The second kappa shape index (κ2) is 8.03. The molecule has 2 rings (SSSR count). The van der Waals surface area contributed by atoms with Gasteiger partial charge in [-0.15, -0.1) is 0 Å². The molecule has 1 aliphatic rings. The number of ether oxygens (including phenoxy) is 2. The van der Waals surface area contributed by atoms with Crippen LogP contribution in [0.3, 0.4) is 0 Å². The molecule has 1 N–H and O–H groups in total. The Morgan fingerprint density at radius 1 is 1.27 bits per heavy atom. The summed E-state index contributed by atoms with van der Waals surface area (Å²) in [7, 11) is 5.16. The Morgan fingerprint density at radius 2 is 2.00 bits per heavy atom. The van der Waals surface area contributed by atoms with Gasteiger partial charge in [0.05, 0.1) is 19.8 Å². The molecule has 1 aromatic rings. The molecule has 0 bridgehead atoms. The van der Waals surface area contributed by atoms with Gasteiger partial charge < -0.3 is 19.7 Å². The highest BCUT2D eigenvalue weighted by Crippen LogP contribution is 2.28. The van der Waals surface area contributed by atoms with Crippen molar-refractivity contribution in [1.82, 2.24) is 10.2 Å². The van der Waals surface area contributed by atoms with E-state index in [1.54, 1.807) is 32.4 Å². The number of piperidine rings is 1. The van der Waals surface area contributed by atoms with E-state index in [0.717, 1.165) is 32.5 Å². The lowest BCUT2D eigenvalue weighted by Crippen LogP contribution is -2.39. The van der Waals surface area contributed by atoms with E-state index < -0.39 is 0 Å². The molecule has 1 aromatic carbocycles. The average molecular weight is 306 g/mol. The maximum absolute atomic E-state index is 12.7. The largest absolute Gasteiger partial charge is 0.497 e. The fourth-order valence-electron chi connectivity index (χ4n) is 2.92. The van der Waals surface area contributed by atoms with E-state index in [1.807, 2.05) is 11.9 Å². The molecule has 1 amide bonds. The van der Waals surface area contributed by atoms with Crippen molar-refractivity contribution in [3.63, 3.8) is 0 Å². The first-order valence-corrected chi connectivity index (χ1v) is 7.85. The molecular formula is C17H26N2O3. The first-order valence-electron chi connectivity index (χ1n) is 7.85. The summed E-state index contributed by atoms with van der Waals surface area (Å²) in [6, 6.07) is 5.34. The number of likely N-dealkylation sites (tertiary alicyclic amines) is 1. The molecule has 0 aromatic heterocycles. The van der Waals surface area contributed by atoms with Gasteiger partial charge in [0.25, 0.3) is 5.91 Å². The number of methoxy groups -OCH3 is 2. The van der Waals surface area contributed by atoms with Gasteiger partial charge in [-0.1, -0.05) is 0 Å². The van der Waals surface area contributed by atoms with Gasteiger partial charge in [0.2, 0.25) is 0 Å². The number of benzene rings is 1. The molecule has 1 heterocycles. The van der Waals surface area contributed by atoms with Crippen LogP contribution in [-0.2, 0) is 0 Å². The second-order valence-electron chi connectivity index (χ2n) is 5.69. The van der Waals surface area contributed by atoms with Crippen molar-refractivity contribution in [2.24, 2.45) is 5.92 Å². The minimum atomic E-state index is 0.0477. The third kappa shape index (κ3) is 3.91. The van der Waals surface area contributed by atoms with Crippen LogP contribution in [-0.4, -0.2) is 51.7 Å². The lowest BCUT2D eigenvalue weighted by molar-refractivity contribution is 0.0683. The molecule has 1 aliphatic heterocycles. The number of rotatable bonds is 6. The zero-order chi connectivity index (χ0) is 15.9. The molecule has 0 aliphatic carbocycles. The van der Waals surface area contributed by atoms with Crippen LogP contribution in [0.4, 0.5) is 0 Å². The minimum Gasteiger partial charge on any atom is -0.497 e. The molecule has 5 heteroatoms. The van der Waals surface area contributed by atoms with Crippen molar-refractivity contribution in [1.29, 1.82) is 0 Å². The normalized spacial score (nSPS) is 15.7. The molecule has 0 spiro atoms. The standard InChI is InChI=1S/C17H26N2O3/c1-18-9-6-13-7-10-19(11-8-13)17(20)15-5-4-14(21-2)12-16(15)22-3/h4-5,12-13,18H,6-11H2,1-3H3. The number of amides is 1. The summed E-state index contributed by atoms with van der Waals surface area (Å²) in [5.41, 5.74) is 0.608. The third-order valence-electron chi connectivity index (χ3n) is 4.34. The molecule has 0 radical (unpaired) electrons. The Bertz CT molecular complexity index is 497. The second-order valence-corrected chi connectivity index (χ2v) is 5.69. The Hall–Kier alpha value is -1.75. The molecule has 1 fully saturated rings. The zero-order valence-corrected chi connectivity index (χ0v) is 13.7. The first-order chi connectivity index (χ1) is 10.7. The number of carbonyl (C=O) groups excluding carboxylic acids is 1. The van der Waals surface area contributed by atoms with Crippen LogP contribution in [0.5, 0.6) is 11.5 Å². The number of carbonyl (C=O) groups is 1. The summed E-state index contributed by atoms with van der Waals surface area (Å²) < 4.78 is 10.5. The summed E-state index contributed by atoms with van der Waals surface area (Å²) >= 11 is 0. The van der Waals surface area contributed by atoms with Gasteiger partial charge in [0.15, 0.2) is 0 Å². The fourth-order valence-corrected chi connectivity index (χ4v) is 2.92. The quantitative estimate of drug-likeness (QED) is 0.875. The van der Waals surface area contributed by atoms with Crippen LogP contribution in [0.15, 0.2) is 18.2 Å². The van der Waals surface area contributed by atoms with Crippen molar-refractivity contribution in [2.75, 3.05) is 40.9 Å². The van der Waals surface area contributed by atoms with Crippen molar-refractivity contribution < 1.29 is 14.3 Å². The van der Waals surface area contributed by atoms with Gasteiger partial charge in [-0.05, 0) is 50.9 Å². The fraction of sp³-hybridized carbons (Fsp3) is 0.588. The molecule has 5 nitrogen and oxygen atoms in total. The van der Waals surface area contributed by atoms with Gasteiger partial charge in [0, 0.05) is 19.2 Å². The van der Waals surface area contributed by atoms with E-state index in [2.05, 4.69) is 5.32 Å². The average Bonchev–Trinajstić information content (AvgIpc) is 2.59. The maximum atomic E-state index is 12.7. The highest BCUT2D eigenvalue weighted by molar-refractivity contribution is 5.97. The van der Waals surface area contributed by atoms with Crippen molar-refractivity contribution in [2.45, 2.75) is 19.3 Å². The molecule has 0 atom stereocenters. The van der Waals surface area contributed by atoms with Crippen LogP contribution in [0.25, 0.3) is 0 Å². The van der Waals surface area contributed by atoms with Crippen molar-refractivity contribution in [3.05, 3.63) is 23.8 Å². The number of nitrogens with zero attached hydrogens (tertiary/aromatic N) is 1. The van der Waals surface area contributed by atoms with Crippen LogP contribution < -0.4 is 14.8 Å². The van der Waals surface area contributed by atoms with E-state index >= 15 is 0 Å². The highest BCUT2D eigenvalue weighted by atomic mass is 16.5. The van der Waals surface area contributed by atoms with Crippen LogP contribution in [0.1, 0.15) is 29.6 Å². The highest BCUT2D eigenvalue weighted by Gasteiger charge is 2.25. The minimum absolute atomic E-state index is 0.0477. The molecule has 0 saturated carbocycles. The first kappa shape index (κ1) is 16.6. The number of hydrogen-bond donors (Lipinski definition) is 1. The number of hydrogen-bond acceptors (Lipinski definition) is 4. The summed E-state index contributed by atoms with van der Waals surface area (Å²) in [5, 5.41) is 3.19. The maximum Gasteiger partial charge on any atom is 0.257 e. The summed E-state index contributed by atoms with van der Waals surface area (Å²) in [6.45, 7) is 2.69. The Kier molecular flexibility index (Phi) is 6.07. The summed E-state index contributed by atoms with van der Waals surface area (Å²) in [5.74, 6) is 2.03. The third-order valence-corrected chi connectivity index (χ3v) is 4.34.